The number of methoxy groups -OCH3 is 1. The summed E-state index contributed by atoms with van der Waals surface area (Å²) in [6, 6.07) is 9.30. The Labute approximate surface area is 183 Å². The number of rotatable bonds is 5. The Hall–Kier alpha value is -2.89. The van der Waals surface area contributed by atoms with Crippen molar-refractivity contribution in [2.24, 2.45) is 5.41 Å². The van der Waals surface area contributed by atoms with Crippen LogP contribution in [-0.4, -0.2) is 42.9 Å². The number of phenolic OH excluding ortho intramolecular Hbond substituents is 1. The van der Waals surface area contributed by atoms with Crippen molar-refractivity contribution in [2.75, 3.05) is 27.0 Å². The monoisotopic (exact) mass is 425 g/mol. The van der Waals surface area contributed by atoms with Crippen LogP contribution in [0, 0.1) is 12.3 Å². The smallest absolute Gasteiger partial charge is 0.231 e. The van der Waals surface area contributed by atoms with E-state index in [2.05, 4.69) is 13.8 Å². The molecule has 1 unspecified atom stereocenters. The third kappa shape index (κ3) is 4.43. The average molecular weight is 426 g/mol. The summed E-state index contributed by atoms with van der Waals surface area (Å²) in [6.45, 7) is 8.02. The number of amides is 1. The minimum atomic E-state index is -0.373. The van der Waals surface area contributed by atoms with Gasteiger partial charge in [-0.1, -0.05) is 19.9 Å². The van der Waals surface area contributed by atoms with Gasteiger partial charge in [0.15, 0.2) is 11.5 Å². The first-order valence-electron chi connectivity index (χ1n) is 10.8. The first-order valence-corrected chi connectivity index (χ1v) is 10.8. The fourth-order valence-corrected chi connectivity index (χ4v) is 4.72. The fourth-order valence-electron chi connectivity index (χ4n) is 4.72. The molecule has 1 fully saturated rings. The second kappa shape index (κ2) is 8.33. The largest absolute Gasteiger partial charge is 0.507 e. The molecule has 0 aromatic heterocycles. The lowest BCUT2D eigenvalue weighted by atomic mass is 9.82. The summed E-state index contributed by atoms with van der Waals surface area (Å²) in [5, 5.41) is 10.9. The minimum Gasteiger partial charge on any atom is -0.507 e. The van der Waals surface area contributed by atoms with Crippen LogP contribution in [0.4, 0.5) is 0 Å². The van der Waals surface area contributed by atoms with Crippen LogP contribution < -0.4 is 14.2 Å². The van der Waals surface area contributed by atoms with E-state index in [-0.39, 0.29) is 36.2 Å². The van der Waals surface area contributed by atoms with Crippen LogP contribution in [-0.2, 0) is 4.79 Å². The average Bonchev–Trinajstić information content (AvgIpc) is 3.19. The van der Waals surface area contributed by atoms with E-state index < -0.39 is 0 Å². The molecule has 31 heavy (non-hydrogen) atoms. The molecule has 4 rings (SSSR count). The lowest BCUT2D eigenvalue weighted by molar-refractivity contribution is -0.134. The molecule has 0 radical (unpaired) electrons. The summed E-state index contributed by atoms with van der Waals surface area (Å²) < 4.78 is 16.6. The van der Waals surface area contributed by atoms with E-state index in [0.29, 0.717) is 22.8 Å². The van der Waals surface area contributed by atoms with Crippen molar-refractivity contribution in [1.29, 1.82) is 0 Å². The van der Waals surface area contributed by atoms with E-state index in [4.69, 9.17) is 14.2 Å². The zero-order valence-electron chi connectivity index (χ0n) is 18.7. The van der Waals surface area contributed by atoms with Gasteiger partial charge >= 0.3 is 0 Å². The summed E-state index contributed by atoms with van der Waals surface area (Å²) >= 11 is 0. The van der Waals surface area contributed by atoms with E-state index in [0.717, 1.165) is 37.1 Å². The number of benzene rings is 2. The Morgan fingerprint density at radius 2 is 2.00 bits per heavy atom. The predicted octanol–water partition coefficient (Wildman–Crippen LogP) is 4.61. The number of nitrogens with zero attached hydrogens (tertiary/aromatic N) is 1. The summed E-state index contributed by atoms with van der Waals surface area (Å²) in [4.78, 5) is 15.4. The summed E-state index contributed by atoms with van der Waals surface area (Å²) in [5.41, 5.74) is 2.51. The predicted molar refractivity (Wildman–Crippen MR) is 118 cm³/mol. The summed E-state index contributed by atoms with van der Waals surface area (Å²) in [5.74, 6) is 1.75. The maximum atomic E-state index is 13.4. The lowest BCUT2D eigenvalue weighted by Crippen LogP contribution is -2.44. The molecule has 0 bridgehead atoms. The molecular formula is C25H31NO5. The molecule has 1 N–H and O–H groups in total. The third-order valence-corrected chi connectivity index (χ3v) is 6.26. The third-order valence-electron chi connectivity index (χ3n) is 6.26. The molecule has 2 aliphatic heterocycles. The van der Waals surface area contributed by atoms with Gasteiger partial charge in [0.2, 0.25) is 12.7 Å². The van der Waals surface area contributed by atoms with Crippen LogP contribution in [0.15, 0.2) is 30.3 Å². The molecule has 2 aliphatic rings. The highest BCUT2D eigenvalue weighted by Gasteiger charge is 2.33. The van der Waals surface area contributed by atoms with Crippen LogP contribution in [0.3, 0.4) is 0 Å². The molecule has 6 nitrogen and oxygen atoms in total. The number of ether oxygens (including phenoxy) is 3. The van der Waals surface area contributed by atoms with Gasteiger partial charge < -0.3 is 24.2 Å². The molecule has 166 valence electrons. The number of hydrogen-bond acceptors (Lipinski definition) is 5. The zero-order chi connectivity index (χ0) is 22.2. The Kier molecular flexibility index (Phi) is 5.73. The molecule has 0 spiro atoms. The van der Waals surface area contributed by atoms with Crippen molar-refractivity contribution in [1.82, 2.24) is 4.90 Å². The maximum absolute atomic E-state index is 13.4. The quantitative estimate of drug-likeness (QED) is 0.758. The molecule has 1 saturated heterocycles. The van der Waals surface area contributed by atoms with Crippen LogP contribution in [0.1, 0.15) is 55.7 Å². The first kappa shape index (κ1) is 21.3. The molecule has 0 saturated carbocycles. The number of carbonyl (C=O) groups is 1. The highest BCUT2D eigenvalue weighted by atomic mass is 16.7. The fraction of sp³-hybridized carbons (Fsp3) is 0.480. The van der Waals surface area contributed by atoms with E-state index in [1.807, 2.05) is 36.1 Å². The Morgan fingerprint density at radius 1 is 1.23 bits per heavy atom. The second-order valence-electron chi connectivity index (χ2n) is 9.35. The number of carbonyl (C=O) groups excluding carboxylic acids is 1. The maximum Gasteiger partial charge on any atom is 0.231 e. The molecule has 2 heterocycles. The Morgan fingerprint density at radius 3 is 2.74 bits per heavy atom. The van der Waals surface area contributed by atoms with E-state index in [9.17, 15) is 9.90 Å². The normalized spacial score (nSPS) is 18.0. The van der Waals surface area contributed by atoms with Crippen molar-refractivity contribution in [2.45, 2.75) is 46.0 Å². The lowest BCUT2D eigenvalue weighted by Gasteiger charge is -2.38. The molecule has 1 atom stereocenters. The highest BCUT2D eigenvalue weighted by Crippen LogP contribution is 2.44. The van der Waals surface area contributed by atoms with Crippen LogP contribution in [0.25, 0.3) is 0 Å². The molecule has 2 aromatic rings. The highest BCUT2D eigenvalue weighted by molar-refractivity contribution is 5.78. The Balaban J connectivity index is 1.73. The van der Waals surface area contributed by atoms with Gasteiger partial charge in [-0.25, -0.2) is 0 Å². The van der Waals surface area contributed by atoms with Gasteiger partial charge in [0.25, 0.3) is 0 Å². The first-order chi connectivity index (χ1) is 14.8. The van der Waals surface area contributed by atoms with Gasteiger partial charge in [-0.2, -0.15) is 0 Å². The van der Waals surface area contributed by atoms with E-state index in [1.165, 1.54) is 0 Å². The van der Waals surface area contributed by atoms with Crippen LogP contribution in [0.2, 0.25) is 0 Å². The zero-order valence-corrected chi connectivity index (χ0v) is 18.7. The van der Waals surface area contributed by atoms with Crippen molar-refractivity contribution in [3.63, 3.8) is 0 Å². The minimum absolute atomic E-state index is 0.0810. The molecule has 1 amide bonds. The molecule has 2 aromatic carbocycles. The van der Waals surface area contributed by atoms with E-state index >= 15 is 0 Å². The van der Waals surface area contributed by atoms with Crippen molar-refractivity contribution >= 4 is 5.91 Å². The van der Waals surface area contributed by atoms with Gasteiger partial charge in [-0.3, -0.25) is 4.79 Å². The van der Waals surface area contributed by atoms with Crippen LogP contribution in [0.5, 0.6) is 23.0 Å². The number of hydrogen-bond donors (Lipinski definition) is 1. The second-order valence-corrected chi connectivity index (χ2v) is 9.35. The topological polar surface area (TPSA) is 68.2 Å². The number of fused-ring (bicyclic) bond motifs is 1. The van der Waals surface area contributed by atoms with Crippen LogP contribution >= 0.6 is 0 Å². The van der Waals surface area contributed by atoms with Gasteiger partial charge in [0.05, 0.1) is 7.11 Å². The Bertz CT molecular complexity index is 984. The van der Waals surface area contributed by atoms with Gasteiger partial charge in [-0.15, -0.1) is 0 Å². The molecule has 6 heteroatoms. The number of phenols is 1. The number of likely N-dealkylation sites (tertiary alicyclic amines) is 1. The van der Waals surface area contributed by atoms with Crippen molar-refractivity contribution in [3.05, 3.63) is 47.0 Å². The molecule has 0 aliphatic carbocycles. The number of aromatic hydroxyl groups is 1. The number of aryl methyl sites for hydroxylation is 1. The van der Waals surface area contributed by atoms with Gasteiger partial charge in [0, 0.05) is 31.0 Å². The summed E-state index contributed by atoms with van der Waals surface area (Å²) in [6.07, 6.45) is 2.37. The number of piperidine rings is 1. The molecular weight excluding hydrogens is 394 g/mol. The summed E-state index contributed by atoms with van der Waals surface area (Å²) in [7, 11) is 1.59. The SMILES string of the molecule is COc1cc(C)cc(O)c1C(CC(=O)N1CCCC(C)(C)C1)c1ccc2c(c1)OCO2. The standard InChI is InChI=1S/C25H31NO5/c1-16-10-19(27)24(22(11-16)29-4)18(17-6-7-20-21(12-17)31-15-30-20)13-23(28)26-9-5-8-25(2,3)14-26/h6-7,10-12,18,27H,5,8-9,13-15H2,1-4H3. The van der Waals surface area contributed by atoms with Gasteiger partial charge in [0.1, 0.15) is 11.5 Å². The van der Waals surface area contributed by atoms with Crippen molar-refractivity contribution in [3.8, 4) is 23.0 Å². The van der Waals surface area contributed by atoms with E-state index in [1.54, 1.807) is 13.2 Å². The van der Waals surface area contributed by atoms with Gasteiger partial charge in [-0.05, 0) is 60.6 Å². The van der Waals surface area contributed by atoms with Crippen molar-refractivity contribution < 1.29 is 24.1 Å².